The molecule has 0 saturated carbocycles. The maximum Gasteiger partial charge on any atom is 0.305 e. The predicted octanol–water partition coefficient (Wildman–Crippen LogP) is 3.67. The van der Waals surface area contributed by atoms with Gasteiger partial charge in [-0.25, -0.2) is 4.98 Å². The zero-order valence-corrected chi connectivity index (χ0v) is 13.7. The number of aryl methyl sites for hydroxylation is 1. The molecule has 6 nitrogen and oxygen atoms in total. The van der Waals surface area contributed by atoms with Gasteiger partial charge >= 0.3 is 5.97 Å². The molecule has 25 heavy (non-hydrogen) atoms. The van der Waals surface area contributed by atoms with E-state index in [1.54, 1.807) is 13.3 Å². The molecule has 0 bridgehead atoms. The van der Waals surface area contributed by atoms with E-state index >= 15 is 0 Å². The minimum atomic E-state index is -0.820. The van der Waals surface area contributed by atoms with Crippen molar-refractivity contribution in [2.24, 2.45) is 0 Å². The lowest BCUT2D eigenvalue weighted by Crippen LogP contribution is -2.05. The maximum absolute atomic E-state index is 11.1. The second-order valence-electron chi connectivity index (χ2n) is 5.87. The molecular weight excluding hydrogens is 318 g/mol. The Morgan fingerprint density at radius 1 is 1.24 bits per heavy atom. The fourth-order valence-corrected chi connectivity index (χ4v) is 3.14. The topological polar surface area (TPSA) is 80.1 Å². The molecular formula is C19H17N3O3. The van der Waals surface area contributed by atoms with Gasteiger partial charge in [0, 0.05) is 29.0 Å². The highest BCUT2D eigenvalue weighted by molar-refractivity contribution is 5.90. The molecule has 126 valence electrons. The van der Waals surface area contributed by atoms with E-state index in [2.05, 4.69) is 9.97 Å². The summed E-state index contributed by atoms with van der Waals surface area (Å²) >= 11 is 0. The number of methoxy groups -OCH3 is 1. The number of benzene rings is 1. The first-order chi connectivity index (χ1) is 12.2. The number of hydrogen-bond acceptors (Lipinski definition) is 3. The highest BCUT2D eigenvalue weighted by Crippen LogP contribution is 2.31. The largest absolute Gasteiger partial charge is 0.497 e. The predicted molar refractivity (Wildman–Crippen MR) is 95.8 cm³/mol. The van der Waals surface area contributed by atoms with Crippen LogP contribution in [0.2, 0.25) is 0 Å². The molecule has 0 saturated heterocycles. The first-order valence-corrected chi connectivity index (χ1v) is 7.99. The van der Waals surface area contributed by atoms with Crippen molar-refractivity contribution in [3.05, 3.63) is 48.7 Å². The Balaban J connectivity index is 1.90. The summed E-state index contributed by atoms with van der Waals surface area (Å²) in [4.78, 5) is 18.7. The van der Waals surface area contributed by atoms with Gasteiger partial charge in [-0.15, -0.1) is 0 Å². The standard InChI is InChI=1S/C19H17N3O3/c1-25-14-4-5-16-13(9-14)11-17(22(16)8-6-18(23)24)15-10-12-3-2-7-20-19(12)21-15/h2-5,7,9-11H,6,8H2,1H3,(H,20,21)(H,23,24). The third kappa shape index (κ3) is 2.71. The van der Waals surface area contributed by atoms with Crippen molar-refractivity contribution in [3.8, 4) is 17.1 Å². The summed E-state index contributed by atoms with van der Waals surface area (Å²) in [6.45, 7) is 0.392. The Kier molecular flexibility index (Phi) is 3.65. The number of carboxylic acid groups (broad SMARTS) is 1. The van der Waals surface area contributed by atoms with Gasteiger partial charge in [0.05, 0.1) is 24.9 Å². The summed E-state index contributed by atoms with van der Waals surface area (Å²) < 4.78 is 7.32. The van der Waals surface area contributed by atoms with Crippen LogP contribution in [0.4, 0.5) is 0 Å². The van der Waals surface area contributed by atoms with Crippen molar-refractivity contribution >= 4 is 27.9 Å². The van der Waals surface area contributed by atoms with Gasteiger partial charge in [-0.3, -0.25) is 4.79 Å². The highest BCUT2D eigenvalue weighted by atomic mass is 16.5. The number of ether oxygens (including phenoxy) is 1. The molecule has 0 amide bonds. The number of aromatic nitrogens is 3. The minimum Gasteiger partial charge on any atom is -0.497 e. The highest BCUT2D eigenvalue weighted by Gasteiger charge is 2.14. The summed E-state index contributed by atoms with van der Waals surface area (Å²) in [5.41, 5.74) is 3.63. The number of hydrogen-bond donors (Lipinski definition) is 2. The number of fused-ring (bicyclic) bond motifs is 2. The molecule has 4 aromatic rings. The molecule has 0 aliphatic carbocycles. The summed E-state index contributed by atoms with van der Waals surface area (Å²) in [6.07, 6.45) is 1.80. The van der Waals surface area contributed by atoms with Gasteiger partial charge in [0.1, 0.15) is 11.4 Å². The van der Waals surface area contributed by atoms with Crippen LogP contribution in [0.3, 0.4) is 0 Å². The number of nitrogens with one attached hydrogen (secondary N) is 1. The van der Waals surface area contributed by atoms with Gasteiger partial charge in [0.25, 0.3) is 0 Å². The molecule has 4 rings (SSSR count). The van der Waals surface area contributed by atoms with Gasteiger partial charge in [0.15, 0.2) is 0 Å². The van der Waals surface area contributed by atoms with E-state index in [0.29, 0.717) is 6.54 Å². The second kappa shape index (κ2) is 5.98. The Hall–Kier alpha value is -3.28. The van der Waals surface area contributed by atoms with Crippen LogP contribution >= 0.6 is 0 Å². The normalized spacial score (nSPS) is 11.2. The average molecular weight is 335 g/mol. The van der Waals surface area contributed by atoms with Crippen molar-refractivity contribution in [3.63, 3.8) is 0 Å². The van der Waals surface area contributed by atoms with Crippen molar-refractivity contribution in [2.45, 2.75) is 13.0 Å². The molecule has 0 fully saturated rings. The van der Waals surface area contributed by atoms with E-state index in [4.69, 9.17) is 9.84 Å². The summed E-state index contributed by atoms with van der Waals surface area (Å²) in [5.74, 6) is -0.0487. The molecule has 0 unspecified atom stereocenters. The number of aromatic amines is 1. The molecule has 0 radical (unpaired) electrons. The van der Waals surface area contributed by atoms with Gasteiger partial charge in [-0.2, -0.15) is 0 Å². The van der Waals surface area contributed by atoms with Crippen LogP contribution < -0.4 is 4.74 Å². The molecule has 0 spiro atoms. The van der Waals surface area contributed by atoms with E-state index in [9.17, 15) is 4.79 Å². The smallest absolute Gasteiger partial charge is 0.305 e. The van der Waals surface area contributed by atoms with Crippen molar-refractivity contribution in [2.75, 3.05) is 7.11 Å². The first-order valence-electron chi connectivity index (χ1n) is 7.99. The molecule has 0 aliphatic heterocycles. The molecule has 6 heteroatoms. The number of nitrogens with zero attached hydrogens (tertiary/aromatic N) is 2. The fourth-order valence-electron chi connectivity index (χ4n) is 3.14. The minimum absolute atomic E-state index is 0.0568. The number of carboxylic acids is 1. The van der Waals surface area contributed by atoms with Crippen LogP contribution in [-0.4, -0.2) is 32.7 Å². The third-order valence-electron chi connectivity index (χ3n) is 4.33. The first kappa shape index (κ1) is 15.3. The number of pyridine rings is 1. The summed E-state index contributed by atoms with van der Waals surface area (Å²) in [6, 6.07) is 13.8. The Bertz CT molecular complexity index is 1050. The summed E-state index contributed by atoms with van der Waals surface area (Å²) in [7, 11) is 1.63. The van der Waals surface area contributed by atoms with E-state index in [1.165, 1.54) is 0 Å². The Morgan fingerprint density at radius 2 is 2.12 bits per heavy atom. The molecule has 1 aromatic carbocycles. The van der Waals surface area contributed by atoms with E-state index < -0.39 is 5.97 Å². The van der Waals surface area contributed by atoms with Crippen LogP contribution in [-0.2, 0) is 11.3 Å². The number of aliphatic carboxylic acids is 1. The van der Waals surface area contributed by atoms with E-state index in [1.807, 2.05) is 47.0 Å². The van der Waals surface area contributed by atoms with Crippen molar-refractivity contribution in [1.29, 1.82) is 0 Å². The quantitative estimate of drug-likeness (QED) is 0.583. The lowest BCUT2D eigenvalue weighted by atomic mass is 10.2. The number of H-pyrrole nitrogens is 1. The molecule has 3 aromatic heterocycles. The zero-order valence-electron chi connectivity index (χ0n) is 13.7. The number of rotatable bonds is 5. The van der Waals surface area contributed by atoms with Crippen molar-refractivity contribution < 1.29 is 14.6 Å². The third-order valence-corrected chi connectivity index (χ3v) is 4.33. The van der Waals surface area contributed by atoms with Gasteiger partial charge in [0.2, 0.25) is 0 Å². The molecule has 2 N–H and O–H groups in total. The second-order valence-corrected chi connectivity index (χ2v) is 5.87. The fraction of sp³-hybridized carbons (Fsp3) is 0.158. The Morgan fingerprint density at radius 3 is 2.88 bits per heavy atom. The van der Waals surface area contributed by atoms with E-state index in [0.717, 1.165) is 39.1 Å². The monoisotopic (exact) mass is 335 g/mol. The average Bonchev–Trinajstić information content (AvgIpc) is 3.20. The van der Waals surface area contributed by atoms with Crippen LogP contribution in [0.25, 0.3) is 33.3 Å². The zero-order chi connectivity index (χ0) is 17.4. The van der Waals surface area contributed by atoms with Crippen LogP contribution in [0.15, 0.2) is 48.7 Å². The number of carbonyl (C=O) groups is 1. The maximum atomic E-state index is 11.1. The SMILES string of the molecule is COc1ccc2c(c1)cc(-c1cc3cccnc3[nH]1)n2CCC(=O)O. The lowest BCUT2D eigenvalue weighted by molar-refractivity contribution is -0.137. The van der Waals surface area contributed by atoms with Gasteiger partial charge in [-0.1, -0.05) is 0 Å². The summed E-state index contributed by atoms with van der Waals surface area (Å²) in [5, 5.41) is 11.1. The van der Waals surface area contributed by atoms with Gasteiger partial charge in [-0.05, 0) is 42.5 Å². The molecule has 3 heterocycles. The lowest BCUT2D eigenvalue weighted by Gasteiger charge is -2.08. The van der Waals surface area contributed by atoms with Crippen LogP contribution in [0.1, 0.15) is 6.42 Å². The van der Waals surface area contributed by atoms with Gasteiger partial charge < -0.3 is 19.4 Å². The van der Waals surface area contributed by atoms with Crippen LogP contribution in [0.5, 0.6) is 5.75 Å². The van der Waals surface area contributed by atoms with Crippen LogP contribution in [0, 0.1) is 0 Å². The molecule has 0 aliphatic rings. The Labute approximate surface area is 143 Å². The molecule has 0 atom stereocenters. The van der Waals surface area contributed by atoms with E-state index in [-0.39, 0.29) is 6.42 Å². The van der Waals surface area contributed by atoms with Crippen molar-refractivity contribution in [1.82, 2.24) is 14.5 Å².